The highest BCUT2D eigenvalue weighted by atomic mass is 16.6. The van der Waals surface area contributed by atoms with Crippen LogP contribution in [0.1, 0.15) is 374 Å². The molecular formula is C70H130O6. The zero-order valence-corrected chi connectivity index (χ0v) is 51.3. The summed E-state index contributed by atoms with van der Waals surface area (Å²) in [4.78, 5) is 38.3. The number of hydrogen-bond donors (Lipinski definition) is 0. The lowest BCUT2D eigenvalue weighted by Crippen LogP contribution is -2.30. The van der Waals surface area contributed by atoms with Crippen molar-refractivity contribution < 1.29 is 28.6 Å². The average molecular weight is 1070 g/mol. The van der Waals surface area contributed by atoms with Crippen LogP contribution in [0.2, 0.25) is 0 Å². The molecule has 0 fully saturated rings. The van der Waals surface area contributed by atoms with Gasteiger partial charge in [-0.05, 0) is 51.4 Å². The first-order valence-corrected chi connectivity index (χ1v) is 34.0. The molecule has 0 aliphatic heterocycles. The van der Waals surface area contributed by atoms with Gasteiger partial charge in [-0.15, -0.1) is 0 Å². The van der Waals surface area contributed by atoms with Crippen LogP contribution in [0.5, 0.6) is 0 Å². The summed E-state index contributed by atoms with van der Waals surface area (Å²) in [5, 5.41) is 0. The van der Waals surface area contributed by atoms with Crippen molar-refractivity contribution in [2.24, 2.45) is 0 Å². The molecule has 6 heteroatoms. The zero-order valence-electron chi connectivity index (χ0n) is 51.3. The van der Waals surface area contributed by atoms with Crippen LogP contribution >= 0.6 is 0 Å². The van der Waals surface area contributed by atoms with E-state index in [1.54, 1.807) is 0 Å². The summed E-state index contributed by atoms with van der Waals surface area (Å²) < 4.78 is 17.0. The highest BCUT2D eigenvalue weighted by Gasteiger charge is 2.19. The van der Waals surface area contributed by atoms with Gasteiger partial charge in [0, 0.05) is 19.3 Å². The molecule has 446 valence electrons. The van der Waals surface area contributed by atoms with Gasteiger partial charge in [-0.1, -0.05) is 340 Å². The van der Waals surface area contributed by atoms with Crippen LogP contribution in [-0.2, 0) is 28.6 Å². The van der Waals surface area contributed by atoms with Gasteiger partial charge in [0.25, 0.3) is 0 Å². The van der Waals surface area contributed by atoms with E-state index in [0.717, 1.165) is 83.5 Å². The first-order valence-electron chi connectivity index (χ1n) is 34.0. The number of carbonyl (C=O) groups is 3. The largest absolute Gasteiger partial charge is 0.462 e. The minimum Gasteiger partial charge on any atom is -0.462 e. The van der Waals surface area contributed by atoms with Crippen molar-refractivity contribution in [2.45, 2.75) is 380 Å². The molecule has 0 amide bonds. The van der Waals surface area contributed by atoms with Gasteiger partial charge in [0.05, 0.1) is 0 Å². The fraction of sp³-hybridized carbons (Fsp3) is 0.871. The Bertz CT molecular complexity index is 1270. The van der Waals surface area contributed by atoms with Crippen molar-refractivity contribution >= 4 is 17.9 Å². The van der Waals surface area contributed by atoms with Crippen molar-refractivity contribution in [1.82, 2.24) is 0 Å². The predicted molar refractivity (Wildman–Crippen MR) is 330 cm³/mol. The Kier molecular flexibility index (Phi) is 63.1. The molecule has 0 heterocycles. The lowest BCUT2D eigenvalue weighted by Gasteiger charge is -2.18. The average Bonchev–Trinajstić information content (AvgIpc) is 3.42. The van der Waals surface area contributed by atoms with Crippen molar-refractivity contribution in [1.29, 1.82) is 0 Å². The molecule has 0 rings (SSSR count). The Balaban J connectivity index is 4.20. The van der Waals surface area contributed by atoms with E-state index in [2.05, 4.69) is 57.2 Å². The molecule has 1 unspecified atom stereocenters. The van der Waals surface area contributed by atoms with E-state index in [0.29, 0.717) is 19.3 Å². The normalized spacial score (nSPS) is 12.2. The van der Waals surface area contributed by atoms with Crippen molar-refractivity contribution in [2.75, 3.05) is 13.2 Å². The molecule has 1 atom stereocenters. The van der Waals surface area contributed by atoms with Crippen molar-refractivity contribution in [3.63, 3.8) is 0 Å². The first-order chi connectivity index (χ1) is 37.5. The Labute approximate surface area is 474 Å². The van der Waals surface area contributed by atoms with E-state index in [1.807, 2.05) is 0 Å². The minimum atomic E-state index is -0.774. The van der Waals surface area contributed by atoms with Crippen LogP contribution < -0.4 is 0 Å². The summed E-state index contributed by atoms with van der Waals surface area (Å²) in [6.07, 6.45) is 80.3. The fourth-order valence-corrected chi connectivity index (χ4v) is 10.3. The van der Waals surface area contributed by atoms with E-state index in [1.165, 1.54) is 250 Å². The lowest BCUT2D eigenvalue weighted by molar-refractivity contribution is -0.167. The van der Waals surface area contributed by atoms with Gasteiger partial charge in [0.1, 0.15) is 13.2 Å². The smallest absolute Gasteiger partial charge is 0.306 e. The summed E-state index contributed by atoms with van der Waals surface area (Å²) in [7, 11) is 0. The molecule has 0 aromatic rings. The Morgan fingerprint density at radius 3 is 0.803 bits per heavy atom. The number of allylic oxidation sites excluding steroid dienone is 6. The first kappa shape index (κ1) is 73.6. The number of ether oxygens (including phenoxy) is 3. The molecule has 0 saturated carbocycles. The van der Waals surface area contributed by atoms with E-state index in [4.69, 9.17) is 14.2 Å². The predicted octanol–water partition coefficient (Wildman–Crippen LogP) is 23.2. The molecule has 0 bridgehead atoms. The summed E-state index contributed by atoms with van der Waals surface area (Å²) in [6, 6.07) is 0. The quantitative estimate of drug-likeness (QED) is 0.0261. The highest BCUT2D eigenvalue weighted by molar-refractivity contribution is 5.71. The third kappa shape index (κ3) is 62.5. The van der Waals surface area contributed by atoms with E-state index in [-0.39, 0.29) is 31.1 Å². The van der Waals surface area contributed by atoms with E-state index >= 15 is 0 Å². The molecule has 0 aromatic carbocycles. The Morgan fingerprint density at radius 1 is 0.276 bits per heavy atom. The zero-order chi connectivity index (χ0) is 55.0. The fourth-order valence-electron chi connectivity index (χ4n) is 10.3. The van der Waals surface area contributed by atoms with Gasteiger partial charge in [0.2, 0.25) is 0 Å². The van der Waals surface area contributed by atoms with Crippen molar-refractivity contribution in [3.05, 3.63) is 36.5 Å². The summed E-state index contributed by atoms with van der Waals surface area (Å²) in [5.74, 6) is -0.853. The third-order valence-corrected chi connectivity index (χ3v) is 15.4. The number of hydrogen-bond acceptors (Lipinski definition) is 6. The van der Waals surface area contributed by atoms with Crippen LogP contribution in [0.3, 0.4) is 0 Å². The van der Waals surface area contributed by atoms with Gasteiger partial charge in [0.15, 0.2) is 6.10 Å². The van der Waals surface area contributed by atoms with Crippen LogP contribution in [0.4, 0.5) is 0 Å². The second-order valence-corrected chi connectivity index (χ2v) is 23.1. The summed E-state index contributed by atoms with van der Waals surface area (Å²) in [5.41, 5.74) is 0. The molecule has 6 nitrogen and oxygen atoms in total. The molecule has 0 spiro atoms. The van der Waals surface area contributed by atoms with Crippen molar-refractivity contribution in [3.8, 4) is 0 Å². The highest BCUT2D eigenvalue weighted by Crippen LogP contribution is 2.19. The van der Waals surface area contributed by atoms with Crippen LogP contribution in [-0.4, -0.2) is 37.2 Å². The number of carbonyl (C=O) groups excluding carboxylic acids is 3. The topological polar surface area (TPSA) is 78.9 Å². The van der Waals surface area contributed by atoms with E-state index < -0.39 is 6.10 Å². The maximum absolute atomic E-state index is 12.9. The molecule has 0 radical (unpaired) electrons. The molecule has 76 heavy (non-hydrogen) atoms. The van der Waals surface area contributed by atoms with Crippen LogP contribution in [0.25, 0.3) is 0 Å². The molecule has 0 N–H and O–H groups in total. The minimum absolute atomic E-state index is 0.0707. The number of unbranched alkanes of at least 4 members (excludes halogenated alkanes) is 46. The maximum Gasteiger partial charge on any atom is 0.306 e. The molecule has 0 aromatic heterocycles. The Hall–Kier alpha value is -2.37. The number of esters is 3. The van der Waals surface area contributed by atoms with Gasteiger partial charge >= 0.3 is 17.9 Å². The molecule has 0 aliphatic carbocycles. The lowest BCUT2D eigenvalue weighted by atomic mass is 10.0. The second-order valence-electron chi connectivity index (χ2n) is 23.1. The van der Waals surface area contributed by atoms with Gasteiger partial charge in [-0.2, -0.15) is 0 Å². The van der Waals surface area contributed by atoms with Gasteiger partial charge in [-0.3, -0.25) is 14.4 Å². The molecule has 0 saturated heterocycles. The molecule has 0 aliphatic rings. The Morgan fingerprint density at radius 2 is 0.513 bits per heavy atom. The second kappa shape index (κ2) is 65.2. The maximum atomic E-state index is 12.9. The van der Waals surface area contributed by atoms with Crippen LogP contribution in [0, 0.1) is 0 Å². The number of rotatable bonds is 63. The third-order valence-electron chi connectivity index (χ3n) is 15.4. The summed E-state index contributed by atoms with van der Waals surface area (Å²) >= 11 is 0. The SMILES string of the molecule is CC/C=C\C/C=C\C/C=C\CCCCCCCCCC(=O)OC(COC(=O)CCCCCCCCCCCCCCCC)COC(=O)CCCCCCCCCCCCCCCCCCCCCCCCCCCCC. The van der Waals surface area contributed by atoms with E-state index in [9.17, 15) is 14.4 Å². The standard InChI is InChI=1S/C70H130O6/c1-4-7-10-13-16-19-22-25-28-30-31-32-33-34-35-36-37-38-39-41-42-45-48-51-54-57-60-63-69(72)75-66-67(65-74-68(71)62-59-56-53-50-47-44-27-24-21-18-15-12-9-6-3)76-70(73)64-61-58-55-52-49-46-43-40-29-26-23-20-17-14-11-8-5-2/h8,11,17,20,26,29,67H,4-7,9-10,12-16,18-19,21-25,27-28,30-66H2,1-3H3/b11-8-,20-17-,29-26-. The van der Waals surface area contributed by atoms with Crippen LogP contribution in [0.15, 0.2) is 36.5 Å². The summed E-state index contributed by atoms with van der Waals surface area (Å²) in [6.45, 7) is 6.59. The molecular weight excluding hydrogens is 937 g/mol. The monoisotopic (exact) mass is 1070 g/mol. The van der Waals surface area contributed by atoms with Gasteiger partial charge < -0.3 is 14.2 Å². The van der Waals surface area contributed by atoms with Gasteiger partial charge in [-0.25, -0.2) is 0 Å².